The maximum absolute atomic E-state index is 13.2. The van der Waals surface area contributed by atoms with Gasteiger partial charge in [-0.1, -0.05) is 30.0 Å². The van der Waals surface area contributed by atoms with Crippen LogP contribution in [0.1, 0.15) is 18.6 Å². The molecule has 0 fully saturated rings. The summed E-state index contributed by atoms with van der Waals surface area (Å²) in [6, 6.07) is 14.7. The number of aromatic nitrogens is 1. The van der Waals surface area contributed by atoms with E-state index in [0.29, 0.717) is 38.5 Å². The lowest BCUT2D eigenvalue weighted by molar-refractivity contribution is -0.114. The molecule has 2 amide bonds. The van der Waals surface area contributed by atoms with Crippen molar-refractivity contribution in [3.63, 3.8) is 0 Å². The molecule has 2 aromatic heterocycles. The van der Waals surface area contributed by atoms with Gasteiger partial charge in [-0.2, -0.15) is 5.26 Å². The summed E-state index contributed by atoms with van der Waals surface area (Å²) in [7, 11) is 0. The van der Waals surface area contributed by atoms with Crippen LogP contribution in [0.15, 0.2) is 86.6 Å². The van der Waals surface area contributed by atoms with Gasteiger partial charge in [-0.15, -0.1) is 11.3 Å². The van der Waals surface area contributed by atoms with Crippen LogP contribution < -0.4 is 16.0 Å². The number of anilines is 2. The van der Waals surface area contributed by atoms with E-state index >= 15 is 0 Å². The van der Waals surface area contributed by atoms with Gasteiger partial charge >= 0.3 is 0 Å². The molecule has 0 saturated heterocycles. The van der Waals surface area contributed by atoms with Gasteiger partial charge in [0.1, 0.15) is 5.76 Å². The first-order chi connectivity index (χ1) is 16.1. The average molecular weight is 478 g/mol. The summed E-state index contributed by atoms with van der Waals surface area (Å²) in [5, 5.41) is 21.5. The number of nitrogens with zero attached hydrogens (tertiary/aromatic N) is 2. The number of hydrogen-bond donors (Lipinski definition) is 3. The number of carbonyl (C=O) groups is 2. The standard InChI is InChI=1S/C23H19N5O3S2/c1-14-19(21(30)27-15-6-3-2-4-7-15)20(17-8-5-10-31-17)16(12-24)22(26-14)33-13-18(29)28-23-25-9-11-32-23/h2-11,20,26H,13H2,1H3,(H,27,30)(H,25,28,29)/t20-/m1/s1. The number of thiazole rings is 1. The van der Waals surface area contributed by atoms with E-state index in [1.807, 2.05) is 18.2 Å². The Morgan fingerprint density at radius 3 is 2.73 bits per heavy atom. The number of carbonyl (C=O) groups excluding carboxylic acids is 2. The fourth-order valence-corrected chi connectivity index (χ4v) is 4.80. The van der Waals surface area contributed by atoms with Gasteiger partial charge in [0.05, 0.1) is 40.2 Å². The van der Waals surface area contributed by atoms with Crippen LogP contribution in [0, 0.1) is 11.3 Å². The molecule has 1 aliphatic heterocycles. The third-order valence-electron chi connectivity index (χ3n) is 4.78. The van der Waals surface area contributed by atoms with Crippen LogP contribution in [0.25, 0.3) is 0 Å². The van der Waals surface area contributed by atoms with Crippen molar-refractivity contribution in [3.05, 3.63) is 87.9 Å². The summed E-state index contributed by atoms with van der Waals surface area (Å²) in [6.45, 7) is 1.76. The van der Waals surface area contributed by atoms with Crippen LogP contribution in [-0.4, -0.2) is 22.6 Å². The number of furan rings is 1. The van der Waals surface area contributed by atoms with Gasteiger partial charge in [0, 0.05) is 23.0 Å². The Labute approximate surface area is 198 Å². The zero-order valence-corrected chi connectivity index (χ0v) is 19.1. The van der Waals surface area contributed by atoms with Crippen molar-refractivity contribution in [2.75, 3.05) is 16.4 Å². The highest BCUT2D eigenvalue weighted by Gasteiger charge is 2.36. The first kappa shape index (κ1) is 22.4. The zero-order valence-electron chi connectivity index (χ0n) is 17.5. The number of hydrogen-bond acceptors (Lipinski definition) is 8. The molecule has 0 bridgehead atoms. The molecule has 3 aromatic rings. The van der Waals surface area contributed by atoms with Gasteiger partial charge in [-0.05, 0) is 31.2 Å². The molecule has 3 heterocycles. The number of thioether (sulfide) groups is 1. The minimum absolute atomic E-state index is 0.0663. The molecule has 0 unspecified atom stereocenters. The third-order valence-corrected chi connectivity index (χ3v) is 6.48. The molecule has 0 radical (unpaired) electrons. The molecule has 33 heavy (non-hydrogen) atoms. The third kappa shape index (κ3) is 5.16. The van der Waals surface area contributed by atoms with Gasteiger partial charge in [-0.3, -0.25) is 9.59 Å². The molecule has 0 saturated carbocycles. The molecule has 1 aliphatic rings. The van der Waals surface area contributed by atoms with E-state index < -0.39 is 5.92 Å². The summed E-state index contributed by atoms with van der Waals surface area (Å²) in [4.78, 5) is 29.6. The van der Waals surface area contributed by atoms with Gasteiger partial charge in [0.2, 0.25) is 5.91 Å². The van der Waals surface area contributed by atoms with Gasteiger partial charge in [0.25, 0.3) is 5.91 Å². The number of para-hydroxylation sites is 1. The van der Waals surface area contributed by atoms with Gasteiger partial charge in [-0.25, -0.2) is 4.98 Å². The molecular weight excluding hydrogens is 458 g/mol. The summed E-state index contributed by atoms with van der Waals surface area (Å²) in [5.74, 6) is -0.761. The first-order valence-electron chi connectivity index (χ1n) is 9.91. The number of nitriles is 1. The van der Waals surface area contributed by atoms with Crippen LogP contribution >= 0.6 is 23.1 Å². The van der Waals surface area contributed by atoms with E-state index in [-0.39, 0.29) is 17.6 Å². The number of dihydropyridines is 1. The number of benzene rings is 1. The molecule has 0 aliphatic carbocycles. The lowest BCUT2D eigenvalue weighted by atomic mass is 9.85. The molecule has 4 rings (SSSR count). The fraction of sp³-hybridized carbons (Fsp3) is 0.130. The highest BCUT2D eigenvalue weighted by Crippen LogP contribution is 2.41. The number of allylic oxidation sites excluding steroid dienone is 2. The molecule has 0 spiro atoms. The van der Waals surface area contributed by atoms with Crippen molar-refractivity contribution in [2.24, 2.45) is 0 Å². The number of nitrogens with one attached hydrogen (secondary N) is 3. The van der Waals surface area contributed by atoms with Crippen LogP contribution in [0.3, 0.4) is 0 Å². The topological polar surface area (TPSA) is 120 Å². The quantitative estimate of drug-likeness (QED) is 0.460. The molecule has 3 N–H and O–H groups in total. The van der Waals surface area contributed by atoms with Crippen LogP contribution in [0.5, 0.6) is 0 Å². The SMILES string of the molecule is CC1=C(C(=O)Nc2ccccc2)[C@@H](c2ccco2)C(C#N)=C(SCC(=O)Nc2nccs2)N1. The molecule has 10 heteroatoms. The van der Waals surface area contributed by atoms with Crippen molar-refractivity contribution in [2.45, 2.75) is 12.8 Å². The fourth-order valence-electron chi connectivity index (χ4n) is 3.37. The van der Waals surface area contributed by atoms with Crippen LogP contribution in [-0.2, 0) is 9.59 Å². The maximum Gasteiger partial charge on any atom is 0.254 e. The van der Waals surface area contributed by atoms with E-state index in [0.717, 1.165) is 0 Å². The highest BCUT2D eigenvalue weighted by molar-refractivity contribution is 8.03. The lowest BCUT2D eigenvalue weighted by Gasteiger charge is -2.28. The molecule has 166 valence electrons. The van der Waals surface area contributed by atoms with Crippen LogP contribution in [0.2, 0.25) is 0 Å². The normalized spacial score (nSPS) is 15.6. The summed E-state index contributed by atoms with van der Waals surface area (Å²) in [5.41, 5.74) is 1.90. The molecular formula is C23H19N5O3S2. The van der Waals surface area contributed by atoms with E-state index in [4.69, 9.17) is 4.42 Å². The number of amides is 2. The predicted octanol–water partition coefficient (Wildman–Crippen LogP) is 4.44. The summed E-state index contributed by atoms with van der Waals surface area (Å²) < 4.78 is 5.61. The highest BCUT2D eigenvalue weighted by atomic mass is 32.2. The second kappa shape index (κ2) is 10.2. The zero-order chi connectivity index (χ0) is 23.2. The van der Waals surface area contributed by atoms with Gasteiger partial charge in [0.15, 0.2) is 5.13 Å². The monoisotopic (exact) mass is 477 g/mol. The smallest absolute Gasteiger partial charge is 0.254 e. The Morgan fingerprint density at radius 1 is 1.24 bits per heavy atom. The van der Waals surface area contributed by atoms with Crippen molar-refractivity contribution in [3.8, 4) is 6.07 Å². The molecule has 1 aromatic carbocycles. The van der Waals surface area contributed by atoms with Crippen molar-refractivity contribution >= 4 is 45.7 Å². The van der Waals surface area contributed by atoms with E-state index in [9.17, 15) is 14.9 Å². The first-order valence-corrected chi connectivity index (χ1v) is 11.8. The van der Waals surface area contributed by atoms with Crippen molar-refractivity contribution in [1.29, 1.82) is 5.26 Å². The second-order valence-corrected chi connectivity index (χ2v) is 8.84. The predicted molar refractivity (Wildman–Crippen MR) is 128 cm³/mol. The summed E-state index contributed by atoms with van der Waals surface area (Å²) >= 11 is 2.51. The van der Waals surface area contributed by atoms with Crippen molar-refractivity contribution in [1.82, 2.24) is 10.3 Å². The second-order valence-electron chi connectivity index (χ2n) is 6.96. The maximum atomic E-state index is 13.2. The minimum Gasteiger partial charge on any atom is -0.468 e. The Kier molecular flexibility index (Phi) is 6.92. The minimum atomic E-state index is -0.709. The average Bonchev–Trinajstić information content (AvgIpc) is 3.52. The Morgan fingerprint density at radius 2 is 2.06 bits per heavy atom. The summed E-state index contributed by atoms with van der Waals surface area (Å²) in [6.07, 6.45) is 3.11. The largest absolute Gasteiger partial charge is 0.468 e. The van der Waals surface area contributed by atoms with Crippen molar-refractivity contribution < 1.29 is 14.0 Å². The Bertz CT molecular complexity index is 1240. The van der Waals surface area contributed by atoms with E-state index in [1.165, 1.54) is 29.4 Å². The molecule has 1 atom stereocenters. The lowest BCUT2D eigenvalue weighted by Crippen LogP contribution is -2.31. The van der Waals surface area contributed by atoms with E-state index in [2.05, 4.69) is 27.0 Å². The Balaban J connectivity index is 1.60. The van der Waals surface area contributed by atoms with E-state index in [1.54, 1.807) is 42.8 Å². The molecule has 8 nitrogen and oxygen atoms in total. The van der Waals surface area contributed by atoms with Crippen LogP contribution in [0.4, 0.5) is 10.8 Å². The number of rotatable bonds is 7. The van der Waals surface area contributed by atoms with Gasteiger partial charge < -0.3 is 20.4 Å². The Hall–Kier alpha value is -3.81.